The number of hydrogen-bond donors (Lipinski definition) is 1. The van der Waals surface area contributed by atoms with Crippen LogP contribution in [0, 0.1) is 23.2 Å². The molecule has 2 aliphatic rings. The van der Waals surface area contributed by atoms with Crippen molar-refractivity contribution < 1.29 is 4.79 Å². The summed E-state index contributed by atoms with van der Waals surface area (Å²) in [7, 11) is 0. The fourth-order valence-corrected chi connectivity index (χ4v) is 3.98. The van der Waals surface area contributed by atoms with Crippen LogP contribution in [0.1, 0.15) is 52.4 Å². The van der Waals surface area contributed by atoms with Crippen molar-refractivity contribution in [3.63, 3.8) is 0 Å². The van der Waals surface area contributed by atoms with Crippen LogP contribution in [0.25, 0.3) is 0 Å². The first kappa shape index (κ1) is 14.2. The lowest BCUT2D eigenvalue weighted by Crippen LogP contribution is -2.39. The maximum absolute atomic E-state index is 12.2. The highest BCUT2D eigenvalue weighted by molar-refractivity contribution is 6.18. The van der Waals surface area contributed by atoms with E-state index in [1.165, 1.54) is 25.7 Å². The van der Waals surface area contributed by atoms with Gasteiger partial charge in [-0.05, 0) is 37.5 Å². The fourth-order valence-electron chi connectivity index (χ4n) is 3.51. The molecule has 2 unspecified atom stereocenters. The third-order valence-corrected chi connectivity index (χ3v) is 5.95. The molecule has 1 amide bonds. The smallest absolute Gasteiger partial charge is 0.223 e. The minimum Gasteiger partial charge on any atom is -0.355 e. The molecule has 0 aromatic heterocycles. The number of rotatable bonds is 6. The van der Waals surface area contributed by atoms with Crippen molar-refractivity contribution in [3.8, 4) is 0 Å². The summed E-state index contributed by atoms with van der Waals surface area (Å²) in [4.78, 5) is 12.2. The molecule has 2 fully saturated rings. The van der Waals surface area contributed by atoms with Crippen LogP contribution >= 0.6 is 11.6 Å². The molecule has 0 aliphatic heterocycles. The average molecular weight is 272 g/mol. The Morgan fingerprint density at radius 2 is 1.78 bits per heavy atom. The molecule has 0 spiro atoms. The van der Waals surface area contributed by atoms with Gasteiger partial charge in [-0.15, -0.1) is 11.6 Å². The average Bonchev–Trinajstić information content (AvgIpc) is 3.15. The molecule has 2 atom stereocenters. The van der Waals surface area contributed by atoms with Gasteiger partial charge in [0, 0.05) is 23.8 Å². The molecule has 0 aromatic rings. The summed E-state index contributed by atoms with van der Waals surface area (Å²) in [5.41, 5.74) is 0.0945. The SMILES string of the molecule is CCC(CC)(CCl)CNC(=O)C1C2CCCCC21. The Labute approximate surface area is 116 Å². The molecule has 2 aliphatic carbocycles. The Kier molecular flexibility index (Phi) is 4.58. The van der Waals surface area contributed by atoms with Crippen LogP contribution < -0.4 is 5.32 Å². The van der Waals surface area contributed by atoms with Gasteiger partial charge in [0.2, 0.25) is 5.91 Å². The van der Waals surface area contributed by atoms with E-state index in [0.29, 0.717) is 29.5 Å². The van der Waals surface area contributed by atoms with Crippen molar-refractivity contribution in [2.45, 2.75) is 52.4 Å². The van der Waals surface area contributed by atoms with Gasteiger partial charge in [-0.2, -0.15) is 0 Å². The molecular weight excluding hydrogens is 246 g/mol. The molecule has 0 aromatic carbocycles. The number of hydrogen-bond acceptors (Lipinski definition) is 1. The van der Waals surface area contributed by atoms with Crippen molar-refractivity contribution >= 4 is 17.5 Å². The molecule has 104 valence electrons. The lowest BCUT2D eigenvalue weighted by molar-refractivity contribution is -0.123. The van der Waals surface area contributed by atoms with Gasteiger partial charge in [-0.3, -0.25) is 4.79 Å². The van der Waals surface area contributed by atoms with Gasteiger partial charge < -0.3 is 5.32 Å². The number of carbonyl (C=O) groups is 1. The maximum atomic E-state index is 12.2. The lowest BCUT2D eigenvalue weighted by Gasteiger charge is -2.29. The highest BCUT2D eigenvalue weighted by Crippen LogP contribution is 2.55. The van der Waals surface area contributed by atoms with E-state index in [9.17, 15) is 4.79 Å². The molecular formula is C15H26ClNO. The van der Waals surface area contributed by atoms with E-state index in [1.807, 2.05) is 0 Å². The maximum Gasteiger partial charge on any atom is 0.223 e. The van der Waals surface area contributed by atoms with Crippen LogP contribution in [0.15, 0.2) is 0 Å². The zero-order valence-electron chi connectivity index (χ0n) is 11.7. The van der Waals surface area contributed by atoms with Crippen LogP contribution in [0.4, 0.5) is 0 Å². The fraction of sp³-hybridized carbons (Fsp3) is 0.933. The molecule has 2 rings (SSSR count). The first-order chi connectivity index (χ1) is 8.67. The summed E-state index contributed by atoms with van der Waals surface area (Å²) in [6.45, 7) is 5.07. The van der Waals surface area contributed by atoms with Crippen LogP contribution in [0.5, 0.6) is 0 Å². The summed E-state index contributed by atoms with van der Waals surface area (Å²) < 4.78 is 0. The number of fused-ring (bicyclic) bond motifs is 1. The first-order valence-electron chi connectivity index (χ1n) is 7.51. The van der Waals surface area contributed by atoms with Crippen molar-refractivity contribution in [1.29, 1.82) is 0 Å². The van der Waals surface area contributed by atoms with Gasteiger partial charge in [0.25, 0.3) is 0 Å². The van der Waals surface area contributed by atoms with Gasteiger partial charge in [-0.1, -0.05) is 26.7 Å². The zero-order chi connectivity index (χ0) is 13.2. The number of halogens is 1. The largest absolute Gasteiger partial charge is 0.355 e. The van der Waals surface area contributed by atoms with Gasteiger partial charge in [0.15, 0.2) is 0 Å². The minimum atomic E-state index is 0.0945. The second-order valence-electron chi connectivity index (χ2n) is 6.20. The minimum absolute atomic E-state index is 0.0945. The van der Waals surface area contributed by atoms with E-state index < -0.39 is 0 Å². The van der Waals surface area contributed by atoms with Crippen molar-refractivity contribution in [2.75, 3.05) is 12.4 Å². The van der Waals surface area contributed by atoms with Crippen molar-refractivity contribution in [3.05, 3.63) is 0 Å². The molecule has 0 bridgehead atoms. The topological polar surface area (TPSA) is 29.1 Å². The Morgan fingerprint density at radius 1 is 1.22 bits per heavy atom. The molecule has 1 N–H and O–H groups in total. The molecule has 0 saturated heterocycles. The third kappa shape index (κ3) is 2.68. The molecule has 2 nitrogen and oxygen atoms in total. The monoisotopic (exact) mass is 271 g/mol. The van der Waals surface area contributed by atoms with E-state index in [-0.39, 0.29) is 5.41 Å². The van der Waals surface area contributed by atoms with E-state index in [0.717, 1.165) is 19.4 Å². The van der Waals surface area contributed by atoms with E-state index in [4.69, 9.17) is 11.6 Å². The highest BCUT2D eigenvalue weighted by Gasteiger charge is 2.54. The van der Waals surface area contributed by atoms with Gasteiger partial charge in [0.1, 0.15) is 0 Å². The van der Waals surface area contributed by atoms with Crippen LogP contribution in [-0.2, 0) is 4.79 Å². The predicted molar refractivity (Wildman–Crippen MR) is 75.7 cm³/mol. The highest BCUT2D eigenvalue weighted by atomic mass is 35.5. The number of nitrogens with one attached hydrogen (secondary N) is 1. The quantitative estimate of drug-likeness (QED) is 0.735. The number of amides is 1. The first-order valence-corrected chi connectivity index (χ1v) is 8.04. The second-order valence-corrected chi connectivity index (χ2v) is 6.46. The molecule has 18 heavy (non-hydrogen) atoms. The van der Waals surface area contributed by atoms with Crippen LogP contribution in [0.3, 0.4) is 0 Å². The zero-order valence-corrected chi connectivity index (χ0v) is 12.4. The van der Waals surface area contributed by atoms with E-state index in [2.05, 4.69) is 19.2 Å². The molecule has 0 radical (unpaired) electrons. The Balaban J connectivity index is 1.81. The Morgan fingerprint density at radius 3 is 2.22 bits per heavy atom. The third-order valence-electron chi connectivity index (χ3n) is 5.38. The van der Waals surface area contributed by atoms with E-state index in [1.54, 1.807) is 0 Å². The van der Waals surface area contributed by atoms with E-state index >= 15 is 0 Å². The summed E-state index contributed by atoms with van der Waals surface area (Å²) in [5, 5.41) is 3.17. The Hall–Kier alpha value is -0.240. The van der Waals surface area contributed by atoms with Crippen molar-refractivity contribution in [2.24, 2.45) is 23.2 Å². The normalized spacial score (nSPS) is 30.7. The van der Waals surface area contributed by atoms with Gasteiger partial charge >= 0.3 is 0 Å². The summed E-state index contributed by atoms with van der Waals surface area (Å²) in [6.07, 6.45) is 7.24. The molecule has 2 saturated carbocycles. The van der Waals surface area contributed by atoms with Gasteiger partial charge in [0.05, 0.1) is 0 Å². The summed E-state index contributed by atoms with van der Waals surface area (Å²) >= 11 is 6.07. The number of alkyl halides is 1. The standard InChI is InChI=1S/C15H26ClNO/c1-3-15(4-2,9-16)10-17-14(18)13-11-7-5-6-8-12(11)13/h11-13H,3-10H2,1-2H3,(H,17,18). The Bertz CT molecular complexity index is 281. The lowest BCUT2D eigenvalue weighted by atomic mass is 9.84. The summed E-state index contributed by atoms with van der Waals surface area (Å²) in [5.74, 6) is 2.66. The molecule has 0 heterocycles. The van der Waals surface area contributed by atoms with Crippen LogP contribution in [0.2, 0.25) is 0 Å². The van der Waals surface area contributed by atoms with Crippen LogP contribution in [-0.4, -0.2) is 18.3 Å². The number of carbonyl (C=O) groups excluding carboxylic acids is 1. The summed E-state index contributed by atoms with van der Waals surface area (Å²) in [6, 6.07) is 0. The van der Waals surface area contributed by atoms with Gasteiger partial charge in [-0.25, -0.2) is 0 Å². The predicted octanol–water partition coefficient (Wildman–Crippen LogP) is 3.58. The second kappa shape index (κ2) is 5.81. The molecule has 3 heteroatoms. The van der Waals surface area contributed by atoms with Crippen molar-refractivity contribution in [1.82, 2.24) is 5.32 Å².